The van der Waals surface area contributed by atoms with Gasteiger partial charge in [-0.2, -0.15) is 0 Å². The lowest BCUT2D eigenvalue weighted by Crippen LogP contribution is -2.53. The normalized spacial score (nSPS) is 32.7. The van der Waals surface area contributed by atoms with Crippen LogP contribution in [0, 0.1) is 17.3 Å². The Hall–Kier alpha value is -2.37. The molecule has 1 N–H and O–H groups in total. The lowest BCUT2D eigenvalue weighted by atomic mass is 9.94. The van der Waals surface area contributed by atoms with Gasteiger partial charge in [0.1, 0.15) is 0 Å². The predicted octanol–water partition coefficient (Wildman–Crippen LogP) is 2.64. The molecule has 28 heavy (non-hydrogen) atoms. The largest absolute Gasteiger partial charge is 0.481 e. The van der Waals surface area contributed by atoms with Crippen LogP contribution < -0.4 is 0 Å². The van der Waals surface area contributed by atoms with Gasteiger partial charge in [0.15, 0.2) is 0 Å². The van der Waals surface area contributed by atoms with Crippen molar-refractivity contribution in [3.8, 4) is 0 Å². The highest BCUT2D eigenvalue weighted by Gasteiger charge is 2.67. The Morgan fingerprint density at radius 2 is 1.61 bits per heavy atom. The first-order valence-corrected chi connectivity index (χ1v) is 10.1. The minimum atomic E-state index is -0.876. The predicted molar refractivity (Wildman–Crippen MR) is 104 cm³/mol. The van der Waals surface area contributed by atoms with Crippen molar-refractivity contribution < 1.29 is 19.5 Å². The summed E-state index contributed by atoms with van der Waals surface area (Å²) in [7, 11) is 1.85. The molecule has 2 heterocycles. The molecular weight excluding hydrogens is 356 g/mol. The van der Waals surface area contributed by atoms with Crippen molar-refractivity contribution in [3.63, 3.8) is 0 Å². The first-order valence-electron chi connectivity index (χ1n) is 10.1. The van der Waals surface area contributed by atoms with E-state index in [1.807, 2.05) is 61.0 Å². The zero-order chi connectivity index (χ0) is 20.2. The quantitative estimate of drug-likeness (QED) is 0.866. The lowest BCUT2D eigenvalue weighted by Gasteiger charge is -2.42. The molecule has 2 saturated heterocycles. The van der Waals surface area contributed by atoms with Crippen LogP contribution in [0.4, 0.5) is 0 Å². The molecular formula is C22H28N2O4. The molecule has 2 bridgehead atoms. The first-order chi connectivity index (χ1) is 13.2. The Labute approximate surface area is 165 Å². The van der Waals surface area contributed by atoms with Crippen molar-refractivity contribution in [3.05, 3.63) is 35.9 Å². The fourth-order valence-corrected chi connectivity index (χ4v) is 5.49. The number of piperidine rings is 1. The summed E-state index contributed by atoms with van der Waals surface area (Å²) < 4.78 is 0. The van der Waals surface area contributed by atoms with E-state index in [0.29, 0.717) is 5.56 Å². The van der Waals surface area contributed by atoms with Gasteiger partial charge < -0.3 is 14.9 Å². The Balaban J connectivity index is 1.46. The Kier molecular flexibility index (Phi) is 4.47. The molecule has 2 amide bonds. The number of aliphatic carboxylic acids is 1. The van der Waals surface area contributed by atoms with E-state index in [9.17, 15) is 19.5 Å². The summed E-state index contributed by atoms with van der Waals surface area (Å²) in [6.07, 6.45) is 3.40. The number of benzene rings is 1. The molecule has 2 aliphatic heterocycles. The number of carbonyl (C=O) groups excluding carboxylic acids is 2. The molecule has 0 aromatic heterocycles. The molecule has 6 heteroatoms. The molecule has 3 aliphatic rings. The van der Waals surface area contributed by atoms with Crippen molar-refractivity contribution in [1.29, 1.82) is 0 Å². The second kappa shape index (κ2) is 6.61. The molecule has 0 spiro atoms. The molecule has 2 unspecified atom stereocenters. The number of nitrogens with zero attached hydrogens (tertiary/aromatic N) is 2. The SMILES string of the molecule is CN(C(=O)c1ccccc1)C1CC2CCC(C1)N2C(=O)[C@@H]1[C@H](C(=O)O)C1(C)C. The van der Waals surface area contributed by atoms with E-state index in [1.54, 1.807) is 0 Å². The van der Waals surface area contributed by atoms with Crippen molar-refractivity contribution in [2.24, 2.45) is 17.3 Å². The average molecular weight is 384 g/mol. The smallest absolute Gasteiger partial charge is 0.307 e. The highest BCUT2D eigenvalue weighted by molar-refractivity contribution is 5.94. The summed E-state index contributed by atoms with van der Waals surface area (Å²) in [5.41, 5.74) is 0.208. The van der Waals surface area contributed by atoms with Gasteiger partial charge in [0.2, 0.25) is 5.91 Å². The summed E-state index contributed by atoms with van der Waals surface area (Å²) in [5, 5.41) is 9.42. The molecule has 0 radical (unpaired) electrons. The average Bonchev–Trinajstić information content (AvgIpc) is 3.17. The van der Waals surface area contributed by atoms with Gasteiger partial charge >= 0.3 is 5.97 Å². The standard InChI is InChI=1S/C22H28N2O4/c1-22(2)17(18(22)21(27)28)20(26)24-14-9-10-15(24)12-16(11-14)23(3)19(25)13-7-5-4-6-8-13/h4-8,14-18H,9-12H2,1-3H3,(H,27,28)/t14?,15?,16?,17-,18+/m0/s1. The third kappa shape index (κ3) is 2.90. The van der Waals surface area contributed by atoms with E-state index < -0.39 is 23.2 Å². The second-order valence-electron chi connectivity index (χ2n) is 9.15. The van der Waals surface area contributed by atoms with Crippen LogP contribution in [0.2, 0.25) is 0 Å². The van der Waals surface area contributed by atoms with Crippen LogP contribution in [-0.2, 0) is 9.59 Å². The van der Waals surface area contributed by atoms with Gasteiger partial charge in [-0.05, 0) is 43.2 Å². The molecule has 1 aromatic rings. The van der Waals surface area contributed by atoms with E-state index in [0.717, 1.165) is 25.7 Å². The molecule has 150 valence electrons. The number of carboxylic acid groups (broad SMARTS) is 1. The molecule has 1 aliphatic carbocycles. The number of fused-ring (bicyclic) bond motifs is 2. The van der Waals surface area contributed by atoms with Crippen LogP contribution in [0.1, 0.15) is 49.9 Å². The van der Waals surface area contributed by atoms with Gasteiger partial charge in [-0.3, -0.25) is 14.4 Å². The van der Waals surface area contributed by atoms with Gasteiger partial charge in [-0.1, -0.05) is 32.0 Å². The number of carbonyl (C=O) groups is 3. The number of hydrogen-bond donors (Lipinski definition) is 1. The third-order valence-electron chi connectivity index (χ3n) is 7.21. The maximum Gasteiger partial charge on any atom is 0.307 e. The Morgan fingerprint density at radius 1 is 1.04 bits per heavy atom. The summed E-state index contributed by atoms with van der Waals surface area (Å²) in [6, 6.07) is 9.59. The van der Waals surface area contributed by atoms with Gasteiger partial charge in [-0.15, -0.1) is 0 Å². The zero-order valence-electron chi connectivity index (χ0n) is 16.7. The van der Waals surface area contributed by atoms with E-state index in [1.165, 1.54) is 0 Å². The van der Waals surface area contributed by atoms with E-state index >= 15 is 0 Å². The van der Waals surface area contributed by atoms with Crippen LogP contribution in [0.5, 0.6) is 0 Å². The minimum absolute atomic E-state index is 0.000360. The second-order valence-corrected chi connectivity index (χ2v) is 9.15. The van der Waals surface area contributed by atoms with E-state index in [-0.39, 0.29) is 29.9 Å². The van der Waals surface area contributed by atoms with Gasteiger partial charge in [-0.25, -0.2) is 0 Å². The molecule has 1 saturated carbocycles. The summed E-state index contributed by atoms with van der Waals surface area (Å²) in [6.45, 7) is 3.74. The zero-order valence-corrected chi connectivity index (χ0v) is 16.7. The van der Waals surface area contributed by atoms with Crippen molar-refractivity contribution in [2.75, 3.05) is 7.05 Å². The molecule has 4 rings (SSSR count). The molecule has 3 fully saturated rings. The van der Waals surface area contributed by atoms with Crippen LogP contribution in [0.25, 0.3) is 0 Å². The van der Waals surface area contributed by atoms with Gasteiger partial charge in [0.05, 0.1) is 11.8 Å². The number of hydrogen-bond acceptors (Lipinski definition) is 3. The highest BCUT2D eigenvalue weighted by atomic mass is 16.4. The fourth-order valence-electron chi connectivity index (χ4n) is 5.49. The topological polar surface area (TPSA) is 77.9 Å². The van der Waals surface area contributed by atoms with Crippen LogP contribution in [-0.4, -0.2) is 57.9 Å². The van der Waals surface area contributed by atoms with Crippen LogP contribution >= 0.6 is 0 Å². The fraction of sp³-hybridized carbons (Fsp3) is 0.591. The third-order valence-corrected chi connectivity index (χ3v) is 7.21. The Bertz CT molecular complexity index is 792. The minimum Gasteiger partial charge on any atom is -0.481 e. The number of carboxylic acids is 1. The number of rotatable bonds is 4. The van der Waals surface area contributed by atoms with Crippen molar-refractivity contribution >= 4 is 17.8 Å². The van der Waals surface area contributed by atoms with E-state index in [4.69, 9.17) is 0 Å². The molecule has 4 atom stereocenters. The first kappa shape index (κ1) is 19.0. The maximum atomic E-state index is 13.2. The molecule has 6 nitrogen and oxygen atoms in total. The monoisotopic (exact) mass is 384 g/mol. The highest BCUT2D eigenvalue weighted by Crippen LogP contribution is 2.60. The summed E-state index contributed by atoms with van der Waals surface area (Å²) in [4.78, 5) is 41.2. The van der Waals surface area contributed by atoms with E-state index in [2.05, 4.69) is 0 Å². The lowest BCUT2D eigenvalue weighted by molar-refractivity contribution is -0.144. The summed E-state index contributed by atoms with van der Waals surface area (Å²) >= 11 is 0. The molecule has 1 aromatic carbocycles. The van der Waals surface area contributed by atoms with Crippen molar-refractivity contribution in [2.45, 2.75) is 57.7 Å². The Morgan fingerprint density at radius 3 is 2.11 bits per heavy atom. The van der Waals surface area contributed by atoms with Crippen molar-refractivity contribution in [1.82, 2.24) is 9.80 Å². The van der Waals surface area contributed by atoms with Gasteiger partial charge in [0.25, 0.3) is 5.91 Å². The van der Waals surface area contributed by atoms with Gasteiger partial charge in [0, 0.05) is 30.7 Å². The number of amides is 2. The van der Waals surface area contributed by atoms with Crippen LogP contribution in [0.3, 0.4) is 0 Å². The van der Waals surface area contributed by atoms with Crippen LogP contribution in [0.15, 0.2) is 30.3 Å². The maximum absolute atomic E-state index is 13.2. The summed E-state index contributed by atoms with van der Waals surface area (Å²) in [5.74, 6) is -1.87.